The average Bonchev–Trinajstić information content (AvgIpc) is 2.22. The van der Waals surface area contributed by atoms with Crippen LogP contribution in [0.2, 0.25) is 0 Å². The standard InChI is InChI=1S/C10H18ClN3O2/c1-8(12)13-7-5-3-4-6-10(2,14-11)9(15)16/h3,5,14H,4,6-7H2,1-2H3,(H2,12,13)(H,15,16)/b5-3-/t10-/m0/s1. The molecule has 0 aliphatic rings. The summed E-state index contributed by atoms with van der Waals surface area (Å²) >= 11 is 5.39. The van der Waals surface area contributed by atoms with E-state index in [-0.39, 0.29) is 0 Å². The third-order valence-corrected chi connectivity index (χ3v) is 2.52. The van der Waals surface area contributed by atoms with Crippen molar-refractivity contribution in [1.82, 2.24) is 4.84 Å². The molecule has 16 heavy (non-hydrogen) atoms. The van der Waals surface area contributed by atoms with E-state index in [0.29, 0.717) is 25.2 Å². The molecule has 6 heteroatoms. The van der Waals surface area contributed by atoms with Gasteiger partial charge in [-0.2, -0.15) is 0 Å². The second-order valence-corrected chi connectivity index (χ2v) is 3.91. The summed E-state index contributed by atoms with van der Waals surface area (Å²) in [7, 11) is 0. The lowest BCUT2D eigenvalue weighted by Crippen LogP contribution is -2.44. The van der Waals surface area contributed by atoms with Crippen LogP contribution < -0.4 is 10.6 Å². The van der Waals surface area contributed by atoms with Gasteiger partial charge in [0, 0.05) is 0 Å². The fraction of sp³-hybridized carbons (Fsp3) is 0.600. The molecule has 0 aromatic carbocycles. The van der Waals surface area contributed by atoms with E-state index >= 15 is 0 Å². The van der Waals surface area contributed by atoms with Gasteiger partial charge in [0.25, 0.3) is 0 Å². The van der Waals surface area contributed by atoms with Crippen molar-refractivity contribution >= 4 is 23.6 Å². The van der Waals surface area contributed by atoms with Gasteiger partial charge >= 0.3 is 5.97 Å². The number of allylic oxidation sites excluding steroid dienone is 1. The maximum absolute atomic E-state index is 10.9. The summed E-state index contributed by atoms with van der Waals surface area (Å²) in [5.74, 6) is -0.436. The topological polar surface area (TPSA) is 87.7 Å². The smallest absolute Gasteiger partial charge is 0.324 e. The van der Waals surface area contributed by atoms with Crippen molar-refractivity contribution in [2.75, 3.05) is 6.54 Å². The number of rotatable bonds is 7. The predicted molar refractivity (Wildman–Crippen MR) is 65.6 cm³/mol. The molecule has 92 valence electrons. The highest BCUT2D eigenvalue weighted by Crippen LogP contribution is 2.13. The Morgan fingerprint density at radius 1 is 1.62 bits per heavy atom. The molecule has 0 fully saturated rings. The zero-order chi connectivity index (χ0) is 12.6. The van der Waals surface area contributed by atoms with Crippen molar-refractivity contribution in [2.24, 2.45) is 10.7 Å². The highest BCUT2D eigenvalue weighted by Gasteiger charge is 2.30. The van der Waals surface area contributed by atoms with E-state index in [4.69, 9.17) is 22.6 Å². The molecule has 0 unspecified atom stereocenters. The molecule has 5 nitrogen and oxygen atoms in total. The molecular formula is C10H18ClN3O2. The number of carboxylic acid groups (broad SMARTS) is 1. The summed E-state index contributed by atoms with van der Waals surface area (Å²) in [6.45, 7) is 3.77. The van der Waals surface area contributed by atoms with Crippen LogP contribution in [0.15, 0.2) is 17.1 Å². The minimum absolute atomic E-state index is 0.410. The normalized spacial score (nSPS) is 16.3. The second-order valence-electron chi connectivity index (χ2n) is 3.72. The largest absolute Gasteiger partial charge is 0.480 e. The number of halogens is 1. The Morgan fingerprint density at radius 2 is 2.25 bits per heavy atom. The van der Waals surface area contributed by atoms with Crippen LogP contribution >= 0.6 is 11.8 Å². The van der Waals surface area contributed by atoms with Crippen LogP contribution in [0.3, 0.4) is 0 Å². The van der Waals surface area contributed by atoms with Gasteiger partial charge in [-0.15, -0.1) is 0 Å². The minimum Gasteiger partial charge on any atom is -0.480 e. The molecule has 0 bridgehead atoms. The molecule has 0 saturated heterocycles. The van der Waals surface area contributed by atoms with Gasteiger partial charge in [0.1, 0.15) is 5.54 Å². The van der Waals surface area contributed by atoms with Gasteiger partial charge in [-0.25, -0.2) is 4.84 Å². The van der Waals surface area contributed by atoms with Gasteiger partial charge in [0.2, 0.25) is 0 Å². The number of nitrogens with one attached hydrogen (secondary N) is 1. The van der Waals surface area contributed by atoms with E-state index < -0.39 is 11.5 Å². The van der Waals surface area contributed by atoms with Gasteiger partial charge < -0.3 is 10.8 Å². The molecule has 4 N–H and O–H groups in total. The molecule has 0 aliphatic heterocycles. The van der Waals surface area contributed by atoms with Crippen LogP contribution in [0.25, 0.3) is 0 Å². The number of nitrogens with zero attached hydrogens (tertiary/aromatic N) is 1. The number of aliphatic carboxylic acids is 1. The van der Waals surface area contributed by atoms with Gasteiger partial charge in [-0.05, 0) is 38.5 Å². The lowest BCUT2D eigenvalue weighted by Gasteiger charge is -2.21. The molecule has 0 aromatic rings. The van der Waals surface area contributed by atoms with E-state index in [2.05, 4.69) is 9.83 Å². The molecule has 1 atom stereocenters. The number of nitrogens with two attached hydrogens (primary N) is 1. The molecular weight excluding hydrogens is 230 g/mol. The van der Waals surface area contributed by atoms with Gasteiger partial charge in [0.05, 0.1) is 12.4 Å². The Morgan fingerprint density at radius 3 is 2.69 bits per heavy atom. The first-order valence-corrected chi connectivity index (χ1v) is 5.33. The summed E-state index contributed by atoms with van der Waals surface area (Å²) in [6.07, 6.45) is 4.73. The summed E-state index contributed by atoms with van der Waals surface area (Å²) in [4.78, 5) is 17.1. The van der Waals surface area contributed by atoms with Crippen LogP contribution in [-0.4, -0.2) is 29.0 Å². The number of hydrogen-bond acceptors (Lipinski definition) is 3. The first-order chi connectivity index (χ1) is 7.42. The molecule has 0 rings (SSSR count). The summed E-state index contributed by atoms with van der Waals surface area (Å²) in [5.41, 5.74) is 4.25. The average molecular weight is 248 g/mol. The van der Waals surface area contributed by atoms with Crippen molar-refractivity contribution in [3.8, 4) is 0 Å². The Hall–Kier alpha value is -1.07. The van der Waals surface area contributed by atoms with Crippen molar-refractivity contribution in [3.05, 3.63) is 12.2 Å². The summed E-state index contributed by atoms with van der Waals surface area (Å²) < 4.78 is 0. The molecule has 0 aromatic heterocycles. The first-order valence-electron chi connectivity index (χ1n) is 4.95. The van der Waals surface area contributed by atoms with E-state index in [0.717, 1.165) is 0 Å². The molecule has 0 amide bonds. The molecule has 0 spiro atoms. The van der Waals surface area contributed by atoms with Crippen molar-refractivity contribution < 1.29 is 9.90 Å². The maximum Gasteiger partial charge on any atom is 0.324 e. The van der Waals surface area contributed by atoms with E-state index in [9.17, 15) is 4.79 Å². The second kappa shape index (κ2) is 7.24. The number of carbonyl (C=O) groups is 1. The van der Waals surface area contributed by atoms with Gasteiger partial charge in [-0.3, -0.25) is 9.79 Å². The Bertz CT molecular complexity index is 288. The Labute approximate surface area is 100 Å². The van der Waals surface area contributed by atoms with Crippen LogP contribution in [0, 0.1) is 0 Å². The maximum atomic E-state index is 10.9. The van der Waals surface area contributed by atoms with Crippen molar-refractivity contribution in [2.45, 2.75) is 32.2 Å². The summed E-state index contributed by atoms with van der Waals surface area (Å²) in [6, 6.07) is 0. The zero-order valence-electron chi connectivity index (χ0n) is 9.53. The third kappa shape index (κ3) is 5.72. The molecule has 0 heterocycles. The Balaban J connectivity index is 3.97. The highest BCUT2D eigenvalue weighted by molar-refractivity contribution is 6.15. The fourth-order valence-electron chi connectivity index (χ4n) is 0.956. The van der Waals surface area contributed by atoms with E-state index in [1.54, 1.807) is 13.8 Å². The monoisotopic (exact) mass is 247 g/mol. The number of amidine groups is 1. The predicted octanol–water partition coefficient (Wildman–Crippen LogP) is 1.29. The first kappa shape index (κ1) is 14.9. The van der Waals surface area contributed by atoms with Crippen LogP contribution in [0.4, 0.5) is 0 Å². The minimum atomic E-state index is -1.10. The Kier molecular flexibility index (Phi) is 6.76. The SMILES string of the molecule is CC(N)=NC/C=C\CC[C@](C)(NCl)C(=O)O. The third-order valence-electron chi connectivity index (χ3n) is 2.10. The quantitative estimate of drug-likeness (QED) is 0.274. The summed E-state index contributed by atoms with van der Waals surface area (Å²) in [5, 5.41) is 8.90. The molecule has 0 radical (unpaired) electrons. The van der Waals surface area contributed by atoms with Crippen LogP contribution in [-0.2, 0) is 4.79 Å². The number of carboxylic acids is 1. The lowest BCUT2D eigenvalue weighted by atomic mass is 9.97. The van der Waals surface area contributed by atoms with Crippen LogP contribution in [0.1, 0.15) is 26.7 Å². The molecule has 0 aliphatic carbocycles. The number of hydrogen-bond donors (Lipinski definition) is 3. The molecule has 0 saturated carbocycles. The highest BCUT2D eigenvalue weighted by atomic mass is 35.5. The van der Waals surface area contributed by atoms with Crippen molar-refractivity contribution in [3.63, 3.8) is 0 Å². The van der Waals surface area contributed by atoms with Gasteiger partial charge in [0.15, 0.2) is 0 Å². The fourth-order valence-corrected chi connectivity index (χ4v) is 1.13. The van der Waals surface area contributed by atoms with Crippen LogP contribution in [0.5, 0.6) is 0 Å². The zero-order valence-corrected chi connectivity index (χ0v) is 10.3. The lowest BCUT2D eigenvalue weighted by molar-refractivity contribution is -0.143. The van der Waals surface area contributed by atoms with E-state index in [1.165, 1.54) is 0 Å². The van der Waals surface area contributed by atoms with Crippen molar-refractivity contribution in [1.29, 1.82) is 0 Å². The van der Waals surface area contributed by atoms with E-state index in [1.807, 2.05) is 12.2 Å². The number of aliphatic imine (C=N–C) groups is 1. The van der Waals surface area contributed by atoms with Gasteiger partial charge in [-0.1, -0.05) is 12.2 Å².